The molecule has 1 aliphatic carbocycles. The van der Waals surface area contributed by atoms with Crippen LogP contribution < -0.4 is 10.1 Å². The first kappa shape index (κ1) is 15.2. The molecule has 1 fully saturated rings. The van der Waals surface area contributed by atoms with Crippen LogP contribution >= 0.6 is 0 Å². The van der Waals surface area contributed by atoms with E-state index in [1.807, 2.05) is 0 Å². The van der Waals surface area contributed by atoms with Crippen LogP contribution in [0.25, 0.3) is 0 Å². The third-order valence-corrected chi connectivity index (χ3v) is 4.72. The molecule has 20 heavy (non-hydrogen) atoms. The lowest BCUT2D eigenvalue weighted by atomic mass is 9.89. The highest BCUT2D eigenvalue weighted by Gasteiger charge is 2.20. The summed E-state index contributed by atoms with van der Waals surface area (Å²) in [4.78, 5) is 0. The fraction of sp³-hybridized carbons (Fsp3) is 0.667. The summed E-state index contributed by atoms with van der Waals surface area (Å²) in [6.07, 6.45) is 6.72. The van der Waals surface area contributed by atoms with Crippen molar-refractivity contribution in [3.05, 3.63) is 23.8 Å². The van der Waals surface area contributed by atoms with Crippen LogP contribution in [0.5, 0.6) is 5.75 Å². The van der Waals surface area contributed by atoms with Gasteiger partial charge in [0.2, 0.25) is 0 Å². The van der Waals surface area contributed by atoms with E-state index < -0.39 is 0 Å². The zero-order valence-electron chi connectivity index (χ0n) is 13.4. The summed E-state index contributed by atoms with van der Waals surface area (Å²) in [5.41, 5.74) is 2.43. The molecular weight excluding hydrogens is 246 g/mol. The number of aryl methyl sites for hydroxylation is 1. The number of hydrogen-bond acceptors (Lipinski definition) is 2. The van der Waals surface area contributed by atoms with Crippen molar-refractivity contribution in [3.63, 3.8) is 0 Å². The van der Waals surface area contributed by atoms with E-state index in [1.54, 1.807) is 7.11 Å². The summed E-state index contributed by atoms with van der Waals surface area (Å²) in [6, 6.07) is 7.03. The Morgan fingerprint density at radius 2 is 1.95 bits per heavy atom. The summed E-state index contributed by atoms with van der Waals surface area (Å²) < 4.78 is 5.32. The molecule has 2 rings (SSSR count). The highest BCUT2D eigenvalue weighted by atomic mass is 16.5. The molecule has 0 heterocycles. The topological polar surface area (TPSA) is 21.3 Å². The molecule has 2 atom stereocenters. The van der Waals surface area contributed by atoms with Crippen molar-refractivity contribution >= 4 is 5.69 Å². The predicted octanol–water partition coefficient (Wildman–Crippen LogP) is 5.02. The van der Waals surface area contributed by atoms with Gasteiger partial charge in [0.1, 0.15) is 5.75 Å². The predicted molar refractivity (Wildman–Crippen MR) is 86.6 cm³/mol. The Morgan fingerprint density at radius 3 is 2.60 bits per heavy atom. The number of anilines is 1. The number of ether oxygens (including phenoxy) is 1. The quantitative estimate of drug-likeness (QED) is 0.779. The third-order valence-electron chi connectivity index (χ3n) is 4.72. The lowest BCUT2D eigenvalue weighted by Gasteiger charge is -2.20. The Morgan fingerprint density at radius 1 is 1.15 bits per heavy atom. The Hall–Kier alpha value is -1.18. The second-order valence-electron chi connectivity index (χ2n) is 6.54. The van der Waals surface area contributed by atoms with E-state index in [2.05, 4.69) is 44.3 Å². The standard InChI is InChI=1S/C18H29NO/c1-13(2)15-6-5-7-16(9-8-15)19-17-10-11-18(20-4)14(3)12-17/h10-13,15-16,19H,5-9H2,1-4H3. The molecule has 2 unspecified atom stereocenters. The molecule has 0 aliphatic heterocycles. The fourth-order valence-electron chi connectivity index (χ4n) is 3.35. The Balaban J connectivity index is 1.94. The minimum absolute atomic E-state index is 0.631. The first-order valence-electron chi connectivity index (χ1n) is 8.01. The van der Waals surface area contributed by atoms with Gasteiger partial charge >= 0.3 is 0 Å². The highest BCUT2D eigenvalue weighted by molar-refractivity contribution is 5.51. The summed E-state index contributed by atoms with van der Waals surface area (Å²) in [5.74, 6) is 2.72. The van der Waals surface area contributed by atoms with Gasteiger partial charge in [-0.3, -0.25) is 0 Å². The van der Waals surface area contributed by atoms with Gasteiger partial charge in [-0.15, -0.1) is 0 Å². The molecule has 1 aromatic carbocycles. The second kappa shape index (κ2) is 7.01. The zero-order chi connectivity index (χ0) is 14.5. The molecule has 0 saturated heterocycles. The number of nitrogens with one attached hydrogen (secondary N) is 1. The van der Waals surface area contributed by atoms with Gasteiger partial charge in [0.05, 0.1) is 7.11 Å². The molecule has 1 saturated carbocycles. The number of benzene rings is 1. The molecule has 112 valence electrons. The van der Waals surface area contributed by atoms with E-state index in [-0.39, 0.29) is 0 Å². The maximum absolute atomic E-state index is 5.32. The van der Waals surface area contributed by atoms with Gasteiger partial charge in [-0.2, -0.15) is 0 Å². The summed E-state index contributed by atoms with van der Waals surface area (Å²) in [5, 5.41) is 3.72. The normalized spacial score (nSPS) is 23.4. The van der Waals surface area contributed by atoms with Crippen molar-refractivity contribution in [2.45, 2.75) is 58.9 Å². The van der Waals surface area contributed by atoms with Crippen LogP contribution in [0.3, 0.4) is 0 Å². The number of hydrogen-bond donors (Lipinski definition) is 1. The highest BCUT2D eigenvalue weighted by Crippen LogP contribution is 2.30. The van der Waals surface area contributed by atoms with Crippen molar-refractivity contribution in [2.75, 3.05) is 12.4 Å². The zero-order valence-corrected chi connectivity index (χ0v) is 13.4. The molecule has 1 aliphatic rings. The molecule has 0 aromatic heterocycles. The Bertz CT molecular complexity index is 427. The molecule has 1 N–H and O–H groups in total. The number of methoxy groups -OCH3 is 1. The Labute approximate surface area is 123 Å². The first-order valence-corrected chi connectivity index (χ1v) is 8.01. The van der Waals surface area contributed by atoms with Gasteiger partial charge in [0.15, 0.2) is 0 Å². The van der Waals surface area contributed by atoms with E-state index in [4.69, 9.17) is 4.74 Å². The molecule has 2 nitrogen and oxygen atoms in total. The minimum Gasteiger partial charge on any atom is -0.496 e. The summed E-state index contributed by atoms with van der Waals surface area (Å²) in [7, 11) is 1.73. The lowest BCUT2D eigenvalue weighted by molar-refractivity contribution is 0.341. The smallest absolute Gasteiger partial charge is 0.121 e. The fourth-order valence-corrected chi connectivity index (χ4v) is 3.35. The third kappa shape index (κ3) is 3.91. The van der Waals surface area contributed by atoms with Crippen molar-refractivity contribution in [1.82, 2.24) is 0 Å². The van der Waals surface area contributed by atoms with E-state index in [9.17, 15) is 0 Å². The molecule has 0 bridgehead atoms. The van der Waals surface area contributed by atoms with Crippen molar-refractivity contribution in [2.24, 2.45) is 11.8 Å². The van der Waals surface area contributed by atoms with Gasteiger partial charge in [-0.05, 0) is 61.8 Å². The van der Waals surface area contributed by atoms with Crippen LogP contribution in [-0.4, -0.2) is 13.2 Å². The van der Waals surface area contributed by atoms with Gasteiger partial charge in [0.25, 0.3) is 0 Å². The second-order valence-corrected chi connectivity index (χ2v) is 6.54. The van der Waals surface area contributed by atoms with Crippen LogP contribution in [0, 0.1) is 18.8 Å². The molecule has 2 heteroatoms. The molecule has 1 aromatic rings. The van der Waals surface area contributed by atoms with Crippen molar-refractivity contribution in [3.8, 4) is 5.75 Å². The average molecular weight is 275 g/mol. The molecule has 0 amide bonds. The SMILES string of the molecule is COc1ccc(NC2CCCC(C(C)C)CC2)cc1C. The van der Waals surface area contributed by atoms with E-state index in [1.165, 1.54) is 43.4 Å². The van der Waals surface area contributed by atoms with E-state index in [0.29, 0.717) is 6.04 Å². The Kier molecular flexibility index (Phi) is 5.33. The largest absolute Gasteiger partial charge is 0.496 e. The van der Waals surface area contributed by atoms with Crippen molar-refractivity contribution < 1.29 is 4.74 Å². The minimum atomic E-state index is 0.631. The van der Waals surface area contributed by atoms with Gasteiger partial charge < -0.3 is 10.1 Å². The van der Waals surface area contributed by atoms with Gasteiger partial charge in [-0.1, -0.05) is 26.7 Å². The molecule has 0 radical (unpaired) electrons. The van der Waals surface area contributed by atoms with Crippen LogP contribution in [0.2, 0.25) is 0 Å². The van der Waals surface area contributed by atoms with Crippen LogP contribution in [0.15, 0.2) is 18.2 Å². The molecule has 0 spiro atoms. The van der Waals surface area contributed by atoms with Gasteiger partial charge in [0, 0.05) is 11.7 Å². The van der Waals surface area contributed by atoms with E-state index in [0.717, 1.165) is 17.6 Å². The first-order chi connectivity index (χ1) is 9.60. The van der Waals surface area contributed by atoms with Crippen molar-refractivity contribution in [1.29, 1.82) is 0 Å². The summed E-state index contributed by atoms with van der Waals surface area (Å²) in [6.45, 7) is 6.84. The van der Waals surface area contributed by atoms with E-state index >= 15 is 0 Å². The van der Waals surface area contributed by atoms with Crippen LogP contribution in [-0.2, 0) is 0 Å². The lowest BCUT2D eigenvalue weighted by Crippen LogP contribution is -2.18. The van der Waals surface area contributed by atoms with Crippen LogP contribution in [0.1, 0.15) is 51.5 Å². The maximum atomic E-state index is 5.32. The monoisotopic (exact) mass is 275 g/mol. The van der Waals surface area contributed by atoms with Gasteiger partial charge in [-0.25, -0.2) is 0 Å². The maximum Gasteiger partial charge on any atom is 0.121 e. The molecular formula is C18H29NO. The van der Waals surface area contributed by atoms with Crippen LogP contribution in [0.4, 0.5) is 5.69 Å². The average Bonchev–Trinajstić information content (AvgIpc) is 2.65. The number of rotatable bonds is 4. The summed E-state index contributed by atoms with van der Waals surface area (Å²) >= 11 is 0.